The van der Waals surface area contributed by atoms with Gasteiger partial charge in [0.2, 0.25) is 0 Å². The van der Waals surface area contributed by atoms with Crippen LogP contribution in [0.2, 0.25) is 0 Å². The van der Waals surface area contributed by atoms with E-state index >= 15 is 0 Å². The van der Waals surface area contributed by atoms with Crippen LogP contribution in [0.4, 0.5) is 0 Å². The fourth-order valence-corrected chi connectivity index (χ4v) is 0.713. The normalized spacial score (nSPS) is 9.45. The van der Waals surface area contributed by atoms with Crippen LogP contribution in [0, 0.1) is 0 Å². The highest BCUT2D eigenvalue weighted by Crippen LogP contribution is 2.19. The van der Waals surface area contributed by atoms with Gasteiger partial charge in [0.15, 0.2) is 0 Å². The van der Waals surface area contributed by atoms with Gasteiger partial charge in [0.05, 0.1) is 5.56 Å². The van der Waals surface area contributed by atoms with E-state index in [4.69, 9.17) is 10.2 Å². The Morgan fingerprint density at radius 2 is 1.55 bits per heavy atom. The fraction of sp³-hybridized carbons (Fsp3) is 0. The van der Waals surface area contributed by atoms with E-state index in [0.717, 1.165) is 18.2 Å². The molecule has 1 radical (unpaired) electrons. The summed E-state index contributed by atoms with van der Waals surface area (Å²) < 4.78 is 0. The van der Waals surface area contributed by atoms with Crippen molar-refractivity contribution < 1.29 is 20.1 Å². The second-order valence-corrected chi connectivity index (χ2v) is 2.03. The molecule has 0 saturated heterocycles. The molecular formula is C7H5O4. The summed E-state index contributed by atoms with van der Waals surface area (Å²) >= 11 is 0. The van der Waals surface area contributed by atoms with E-state index < -0.39 is 5.97 Å². The van der Waals surface area contributed by atoms with E-state index in [9.17, 15) is 9.90 Å². The number of hydrogen-bond donors (Lipinski definition) is 2. The highest BCUT2D eigenvalue weighted by atomic mass is 16.4. The molecule has 4 nitrogen and oxygen atoms in total. The van der Waals surface area contributed by atoms with Crippen molar-refractivity contribution in [3.8, 4) is 11.5 Å². The summed E-state index contributed by atoms with van der Waals surface area (Å²) in [5, 5.41) is 27.8. The van der Waals surface area contributed by atoms with Gasteiger partial charge in [0.1, 0.15) is 11.5 Å². The van der Waals surface area contributed by atoms with Crippen LogP contribution in [0.1, 0.15) is 10.4 Å². The number of carbonyl (C=O) groups is 1. The topological polar surface area (TPSA) is 77.4 Å². The average molecular weight is 153 g/mol. The second-order valence-electron chi connectivity index (χ2n) is 2.03. The Morgan fingerprint density at radius 3 is 1.91 bits per heavy atom. The van der Waals surface area contributed by atoms with Gasteiger partial charge in [0, 0.05) is 6.07 Å². The van der Waals surface area contributed by atoms with E-state index in [2.05, 4.69) is 0 Å². The van der Waals surface area contributed by atoms with Gasteiger partial charge in [-0.2, -0.15) is 0 Å². The molecule has 57 valence electrons. The lowest BCUT2D eigenvalue weighted by atomic mass is 10.2. The lowest BCUT2D eigenvalue weighted by molar-refractivity contribution is 0.0572. The Bertz CT molecular complexity index is 272. The number of rotatable bonds is 1. The van der Waals surface area contributed by atoms with E-state index in [1.165, 1.54) is 0 Å². The Hall–Kier alpha value is -1.71. The van der Waals surface area contributed by atoms with Gasteiger partial charge < -0.3 is 10.2 Å². The van der Waals surface area contributed by atoms with Gasteiger partial charge in [0.25, 0.3) is 0 Å². The molecule has 0 heterocycles. The zero-order valence-corrected chi connectivity index (χ0v) is 5.44. The molecule has 0 bridgehead atoms. The molecule has 0 saturated carbocycles. The minimum atomic E-state index is -1.43. The molecule has 0 aliphatic carbocycles. The standard InChI is InChI=1S/C7H5O4/c8-5-1-4(7(10)11)2-6(9)3-5/h1-3,8-9H. The van der Waals surface area contributed by atoms with E-state index in [0.29, 0.717) is 0 Å². The van der Waals surface area contributed by atoms with Gasteiger partial charge in [-0.3, -0.25) is 0 Å². The number of benzene rings is 1. The van der Waals surface area contributed by atoms with Crippen LogP contribution in [0.25, 0.3) is 0 Å². The predicted molar refractivity (Wildman–Crippen MR) is 34.8 cm³/mol. The number of phenolic OH excluding ortho intramolecular Hbond substituents is 2. The third kappa shape index (κ3) is 1.61. The molecule has 4 heteroatoms. The maximum absolute atomic E-state index is 10.2. The molecule has 0 amide bonds. The van der Waals surface area contributed by atoms with Crippen molar-refractivity contribution in [1.29, 1.82) is 0 Å². The lowest BCUT2D eigenvalue weighted by Gasteiger charge is -1.95. The molecular weight excluding hydrogens is 148 g/mol. The number of aromatic hydroxyl groups is 2. The number of phenols is 2. The van der Waals surface area contributed by atoms with Crippen LogP contribution in [0.5, 0.6) is 11.5 Å². The molecule has 0 atom stereocenters. The van der Waals surface area contributed by atoms with E-state index in [1.807, 2.05) is 0 Å². The van der Waals surface area contributed by atoms with Crippen molar-refractivity contribution in [2.75, 3.05) is 0 Å². The Kier molecular flexibility index (Phi) is 1.68. The smallest absolute Gasteiger partial charge is 0.386 e. The van der Waals surface area contributed by atoms with E-state index in [1.54, 1.807) is 0 Å². The van der Waals surface area contributed by atoms with E-state index in [-0.39, 0.29) is 17.1 Å². The zero-order valence-electron chi connectivity index (χ0n) is 5.44. The Balaban J connectivity index is 3.19. The monoisotopic (exact) mass is 153 g/mol. The van der Waals surface area contributed by atoms with Gasteiger partial charge in [-0.25, -0.2) is 9.90 Å². The molecule has 2 N–H and O–H groups in total. The largest absolute Gasteiger partial charge is 0.508 e. The van der Waals surface area contributed by atoms with Crippen LogP contribution in [0.3, 0.4) is 0 Å². The second kappa shape index (κ2) is 2.49. The first-order valence-corrected chi connectivity index (χ1v) is 2.84. The highest BCUT2D eigenvalue weighted by molar-refractivity contribution is 5.88. The van der Waals surface area contributed by atoms with Crippen molar-refractivity contribution in [1.82, 2.24) is 0 Å². The molecule has 11 heavy (non-hydrogen) atoms. The zero-order chi connectivity index (χ0) is 8.43. The summed E-state index contributed by atoms with van der Waals surface area (Å²) in [4.78, 5) is 10.2. The SMILES string of the molecule is [O]C(=O)c1cc(O)cc(O)c1. The quantitative estimate of drug-likeness (QED) is 0.622. The number of hydrogen-bond acceptors (Lipinski definition) is 3. The highest BCUT2D eigenvalue weighted by Gasteiger charge is 2.07. The molecule has 1 aromatic carbocycles. The van der Waals surface area contributed by atoms with Gasteiger partial charge in [-0.1, -0.05) is 0 Å². The van der Waals surface area contributed by atoms with Crippen molar-refractivity contribution in [3.63, 3.8) is 0 Å². The molecule has 1 aromatic rings. The summed E-state index contributed by atoms with van der Waals surface area (Å²) in [6, 6.07) is 3.02. The van der Waals surface area contributed by atoms with Crippen LogP contribution in [-0.2, 0) is 5.11 Å². The summed E-state index contributed by atoms with van der Waals surface area (Å²) in [6.07, 6.45) is 0. The molecule has 1 rings (SSSR count). The van der Waals surface area contributed by atoms with Crippen LogP contribution in [0.15, 0.2) is 18.2 Å². The van der Waals surface area contributed by atoms with Crippen molar-refractivity contribution in [2.45, 2.75) is 0 Å². The van der Waals surface area contributed by atoms with Crippen LogP contribution in [-0.4, -0.2) is 16.2 Å². The van der Waals surface area contributed by atoms with Crippen molar-refractivity contribution in [3.05, 3.63) is 23.8 Å². The first-order valence-electron chi connectivity index (χ1n) is 2.84. The van der Waals surface area contributed by atoms with Crippen molar-refractivity contribution in [2.24, 2.45) is 0 Å². The van der Waals surface area contributed by atoms with Crippen molar-refractivity contribution >= 4 is 5.97 Å². The third-order valence-corrected chi connectivity index (χ3v) is 1.14. The summed E-state index contributed by atoms with van der Waals surface area (Å²) in [6.45, 7) is 0. The molecule has 0 unspecified atom stereocenters. The van der Waals surface area contributed by atoms with Crippen LogP contribution >= 0.6 is 0 Å². The first kappa shape index (κ1) is 7.40. The maximum Gasteiger partial charge on any atom is 0.386 e. The predicted octanol–water partition coefficient (Wildman–Crippen LogP) is 0.668. The average Bonchev–Trinajstić information content (AvgIpc) is 1.85. The third-order valence-electron chi connectivity index (χ3n) is 1.14. The fourth-order valence-electron chi connectivity index (χ4n) is 0.713. The molecule has 0 fully saturated rings. The minimum Gasteiger partial charge on any atom is -0.508 e. The van der Waals surface area contributed by atoms with Gasteiger partial charge in [-0.05, 0) is 12.1 Å². The lowest BCUT2D eigenvalue weighted by Crippen LogP contribution is -1.92. The molecule has 0 spiro atoms. The maximum atomic E-state index is 10.2. The minimum absolute atomic E-state index is 0.248. The van der Waals surface area contributed by atoms with Gasteiger partial charge >= 0.3 is 5.97 Å². The molecule has 0 aliphatic heterocycles. The van der Waals surface area contributed by atoms with Gasteiger partial charge in [-0.15, -0.1) is 0 Å². The first-order chi connectivity index (χ1) is 5.09. The number of carbonyl (C=O) groups excluding carboxylic acids is 1. The Morgan fingerprint density at radius 1 is 1.09 bits per heavy atom. The van der Waals surface area contributed by atoms with Crippen LogP contribution < -0.4 is 0 Å². The molecule has 0 aromatic heterocycles. The summed E-state index contributed by atoms with van der Waals surface area (Å²) in [5.41, 5.74) is -0.248. The summed E-state index contributed by atoms with van der Waals surface area (Å²) in [7, 11) is 0. The summed E-state index contributed by atoms with van der Waals surface area (Å²) in [5.74, 6) is -2.04. The Labute approximate surface area is 62.3 Å². The molecule has 0 aliphatic rings.